The summed E-state index contributed by atoms with van der Waals surface area (Å²) in [5.74, 6) is 0.366. The SMILES string of the molecule is COc1cc(C=O)cc(CN2CCCC(O)C2)c1O. The molecule has 0 aromatic heterocycles. The summed E-state index contributed by atoms with van der Waals surface area (Å²) in [4.78, 5) is 13.0. The number of benzene rings is 1. The summed E-state index contributed by atoms with van der Waals surface area (Å²) < 4.78 is 5.06. The fourth-order valence-corrected chi connectivity index (χ4v) is 2.45. The number of nitrogens with zero attached hydrogens (tertiary/aromatic N) is 1. The molecule has 1 fully saturated rings. The fourth-order valence-electron chi connectivity index (χ4n) is 2.45. The van der Waals surface area contributed by atoms with Crippen LogP contribution in [0.3, 0.4) is 0 Å². The summed E-state index contributed by atoms with van der Waals surface area (Å²) in [5, 5.41) is 19.7. The third-order valence-corrected chi connectivity index (χ3v) is 3.41. The van der Waals surface area contributed by atoms with Crippen molar-refractivity contribution < 1.29 is 19.7 Å². The van der Waals surface area contributed by atoms with Crippen molar-refractivity contribution in [3.8, 4) is 11.5 Å². The van der Waals surface area contributed by atoms with Crippen LogP contribution in [0.5, 0.6) is 11.5 Å². The van der Waals surface area contributed by atoms with E-state index in [1.807, 2.05) is 0 Å². The van der Waals surface area contributed by atoms with Crippen LogP contribution in [0.25, 0.3) is 0 Å². The molecule has 1 saturated heterocycles. The lowest BCUT2D eigenvalue weighted by molar-refractivity contribution is 0.0663. The Labute approximate surface area is 112 Å². The van der Waals surface area contributed by atoms with Crippen LogP contribution >= 0.6 is 0 Å². The molecule has 0 spiro atoms. The van der Waals surface area contributed by atoms with E-state index in [1.165, 1.54) is 13.2 Å². The number of methoxy groups -OCH3 is 1. The maximum absolute atomic E-state index is 10.9. The van der Waals surface area contributed by atoms with E-state index in [9.17, 15) is 15.0 Å². The molecule has 1 aliphatic rings. The van der Waals surface area contributed by atoms with Gasteiger partial charge in [-0.05, 0) is 31.5 Å². The number of carbonyl (C=O) groups is 1. The van der Waals surface area contributed by atoms with E-state index >= 15 is 0 Å². The van der Waals surface area contributed by atoms with E-state index in [4.69, 9.17) is 4.74 Å². The number of aliphatic hydroxyl groups excluding tert-OH is 1. The van der Waals surface area contributed by atoms with Crippen molar-refractivity contribution in [3.63, 3.8) is 0 Å². The second-order valence-corrected chi connectivity index (χ2v) is 4.88. The smallest absolute Gasteiger partial charge is 0.162 e. The number of hydrogen-bond donors (Lipinski definition) is 2. The third kappa shape index (κ3) is 3.24. The summed E-state index contributed by atoms with van der Waals surface area (Å²) in [5.41, 5.74) is 1.12. The van der Waals surface area contributed by atoms with Crippen molar-refractivity contribution in [2.24, 2.45) is 0 Å². The highest BCUT2D eigenvalue weighted by atomic mass is 16.5. The first-order valence-electron chi connectivity index (χ1n) is 6.39. The van der Waals surface area contributed by atoms with E-state index in [0.29, 0.717) is 30.0 Å². The average Bonchev–Trinajstić information content (AvgIpc) is 2.41. The first-order valence-corrected chi connectivity index (χ1v) is 6.39. The van der Waals surface area contributed by atoms with Crippen LogP contribution in [-0.4, -0.2) is 47.7 Å². The second-order valence-electron chi connectivity index (χ2n) is 4.88. The number of aromatic hydroxyl groups is 1. The zero-order valence-electron chi connectivity index (χ0n) is 11.0. The lowest BCUT2D eigenvalue weighted by atomic mass is 10.1. The molecule has 5 heteroatoms. The number of ether oxygens (including phenoxy) is 1. The molecule has 1 aromatic rings. The molecule has 0 saturated carbocycles. The van der Waals surface area contributed by atoms with E-state index in [0.717, 1.165) is 25.7 Å². The summed E-state index contributed by atoms with van der Waals surface area (Å²) in [6, 6.07) is 3.17. The summed E-state index contributed by atoms with van der Waals surface area (Å²) in [6.45, 7) is 1.97. The molecular formula is C14H19NO4. The minimum atomic E-state index is -0.313. The molecule has 104 valence electrons. The molecule has 1 aromatic carbocycles. The Kier molecular flexibility index (Phi) is 4.39. The van der Waals surface area contributed by atoms with Crippen molar-refractivity contribution in [1.29, 1.82) is 0 Å². The van der Waals surface area contributed by atoms with Gasteiger partial charge in [-0.3, -0.25) is 9.69 Å². The molecule has 1 atom stereocenters. The largest absolute Gasteiger partial charge is 0.504 e. The number of aldehydes is 1. The van der Waals surface area contributed by atoms with Crippen LogP contribution in [0.2, 0.25) is 0 Å². The number of phenolic OH excluding ortho intramolecular Hbond substituents is 1. The van der Waals surface area contributed by atoms with Gasteiger partial charge in [-0.15, -0.1) is 0 Å². The zero-order valence-corrected chi connectivity index (χ0v) is 11.0. The lowest BCUT2D eigenvalue weighted by Crippen LogP contribution is -2.37. The molecule has 2 rings (SSSR count). The van der Waals surface area contributed by atoms with Crippen molar-refractivity contribution in [1.82, 2.24) is 4.90 Å². The zero-order chi connectivity index (χ0) is 13.8. The molecule has 5 nitrogen and oxygen atoms in total. The second kappa shape index (κ2) is 6.04. The van der Waals surface area contributed by atoms with Gasteiger partial charge in [-0.25, -0.2) is 0 Å². The number of aliphatic hydroxyl groups is 1. The number of hydrogen-bond acceptors (Lipinski definition) is 5. The molecule has 1 heterocycles. The molecule has 0 bridgehead atoms. The Bertz CT molecular complexity index is 461. The Morgan fingerprint density at radius 1 is 1.53 bits per heavy atom. The van der Waals surface area contributed by atoms with Crippen LogP contribution < -0.4 is 4.74 Å². The first-order chi connectivity index (χ1) is 9.13. The van der Waals surface area contributed by atoms with Crippen molar-refractivity contribution >= 4 is 6.29 Å². The highest BCUT2D eigenvalue weighted by Crippen LogP contribution is 2.32. The van der Waals surface area contributed by atoms with Gasteiger partial charge in [0.1, 0.15) is 6.29 Å². The maximum Gasteiger partial charge on any atom is 0.162 e. The standard InChI is InChI=1S/C14H19NO4/c1-19-13-6-10(9-16)5-11(14(13)18)7-15-4-2-3-12(17)8-15/h5-6,9,12,17-18H,2-4,7-8H2,1H3. The topological polar surface area (TPSA) is 70.0 Å². The minimum absolute atomic E-state index is 0.0631. The lowest BCUT2D eigenvalue weighted by Gasteiger charge is -2.30. The number of likely N-dealkylation sites (tertiary alicyclic amines) is 1. The first kappa shape index (κ1) is 13.8. The maximum atomic E-state index is 10.9. The van der Waals surface area contributed by atoms with E-state index in [1.54, 1.807) is 6.07 Å². The van der Waals surface area contributed by atoms with Gasteiger partial charge in [0, 0.05) is 24.2 Å². The van der Waals surface area contributed by atoms with Crippen LogP contribution in [0, 0.1) is 0 Å². The minimum Gasteiger partial charge on any atom is -0.504 e. The van der Waals surface area contributed by atoms with Crippen LogP contribution in [-0.2, 0) is 6.54 Å². The molecule has 0 aliphatic carbocycles. The van der Waals surface area contributed by atoms with Gasteiger partial charge >= 0.3 is 0 Å². The molecule has 0 amide bonds. The summed E-state index contributed by atoms with van der Waals surface area (Å²) in [6.07, 6.45) is 2.18. The van der Waals surface area contributed by atoms with Gasteiger partial charge in [-0.2, -0.15) is 0 Å². The number of rotatable bonds is 4. The molecule has 2 N–H and O–H groups in total. The quantitative estimate of drug-likeness (QED) is 0.800. The van der Waals surface area contributed by atoms with Gasteiger partial charge in [-0.1, -0.05) is 0 Å². The van der Waals surface area contributed by atoms with Gasteiger partial charge in [0.05, 0.1) is 13.2 Å². The monoisotopic (exact) mass is 265 g/mol. The number of piperidine rings is 1. The van der Waals surface area contributed by atoms with Gasteiger partial charge in [0.15, 0.2) is 11.5 Å². The Morgan fingerprint density at radius 2 is 2.32 bits per heavy atom. The molecule has 0 radical (unpaired) electrons. The van der Waals surface area contributed by atoms with Gasteiger partial charge < -0.3 is 14.9 Å². The van der Waals surface area contributed by atoms with Crippen molar-refractivity contribution in [3.05, 3.63) is 23.3 Å². The normalized spacial score (nSPS) is 20.2. The highest BCUT2D eigenvalue weighted by Gasteiger charge is 2.20. The molecule has 1 aliphatic heterocycles. The molecule has 19 heavy (non-hydrogen) atoms. The number of β-amino-alcohol motifs (C(OH)–C–C–N with tert-alkyl or cyclic N) is 1. The number of phenols is 1. The van der Waals surface area contributed by atoms with E-state index in [-0.39, 0.29) is 11.9 Å². The Balaban J connectivity index is 2.20. The predicted octanol–water partition coefficient (Wildman–Crippen LogP) is 1.17. The molecular weight excluding hydrogens is 246 g/mol. The summed E-state index contributed by atoms with van der Waals surface area (Å²) >= 11 is 0. The average molecular weight is 265 g/mol. The van der Waals surface area contributed by atoms with Crippen LogP contribution in [0.15, 0.2) is 12.1 Å². The third-order valence-electron chi connectivity index (χ3n) is 3.41. The highest BCUT2D eigenvalue weighted by molar-refractivity contribution is 5.77. The van der Waals surface area contributed by atoms with E-state index < -0.39 is 0 Å². The van der Waals surface area contributed by atoms with Crippen LogP contribution in [0.4, 0.5) is 0 Å². The van der Waals surface area contributed by atoms with Gasteiger partial charge in [0.2, 0.25) is 0 Å². The predicted molar refractivity (Wildman–Crippen MR) is 70.6 cm³/mol. The summed E-state index contributed by atoms with van der Waals surface area (Å²) in [7, 11) is 1.46. The fraction of sp³-hybridized carbons (Fsp3) is 0.500. The van der Waals surface area contributed by atoms with Crippen LogP contribution in [0.1, 0.15) is 28.8 Å². The van der Waals surface area contributed by atoms with Crippen molar-refractivity contribution in [2.75, 3.05) is 20.2 Å². The Morgan fingerprint density at radius 3 is 2.95 bits per heavy atom. The Hall–Kier alpha value is -1.59. The number of carbonyl (C=O) groups excluding carboxylic acids is 1. The van der Waals surface area contributed by atoms with Gasteiger partial charge in [0.25, 0.3) is 0 Å². The molecule has 1 unspecified atom stereocenters. The van der Waals surface area contributed by atoms with E-state index in [2.05, 4.69) is 4.90 Å². The van der Waals surface area contributed by atoms with Crippen molar-refractivity contribution in [2.45, 2.75) is 25.5 Å².